The molecule has 0 spiro atoms. The fourth-order valence-electron chi connectivity index (χ4n) is 1.36. The van der Waals surface area contributed by atoms with Crippen molar-refractivity contribution in [2.75, 3.05) is 6.61 Å². The van der Waals surface area contributed by atoms with Gasteiger partial charge in [0.15, 0.2) is 5.16 Å². The molecular formula is C9H11IN2OS. The van der Waals surface area contributed by atoms with Crippen LogP contribution < -0.4 is 0 Å². The Bertz CT molecular complexity index is 306. The maximum atomic E-state index is 5.48. The highest BCUT2D eigenvalue weighted by molar-refractivity contribution is 14.1. The number of hydrogen-bond donors (Lipinski definition) is 0. The SMILES string of the molecule is CC1OCCC1Sc1ncc(I)cn1. The van der Waals surface area contributed by atoms with E-state index in [2.05, 4.69) is 39.5 Å². The van der Waals surface area contributed by atoms with Gasteiger partial charge in [-0.3, -0.25) is 0 Å². The molecule has 0 aliphatic carbocycles. The van der Waals surface area contributed by atoms with Gasteiger partial charge in [0.1, 0.15) is 0 Å². The van der Waals surface area contributed by atoms with Crippen LogP contribution in [0.15, 0.2) is 17.6 Å². The van der Waals surface area contributed by atoms with Crippen LogP contribution in [0.1, 0.15) is 13.3 Å². The molecule has 1 aromatic heterocycles. The van der Waals surface area contributed by atoms with Crippen molar-refractivity contribution in [2.45, 2.75) is 29.9 Å². The van der Waals surface area contributed by atoms with Crippen molar-refractivity contribution in [3.05, 3.63) is 16.0 Å². The first kappa shape index (κ1) is 10.6. The molecule has 14 heavy (non-hydrogen) atoms. The van der Waals surface area contributed by atoms with Crippen LogP contribution in [0, 0.1) is 3.57 Å². The molecule has 2 heterocycles. The molecule has 2 rings (SSSR count). The summed E-state index contributed by atoms with van der Waals surface area (Å²) < 4.78 is 6.56. The largest absolute Gasteiger partial charge is 0.377 e. The Morgan fingerprint density at radius 2 is 2.21 bits per heavy atom. The molecule has 1 saturated heterocycles. The summed E-state index contributed by atoms with van der Waals surface area (Å²) in [5, 5.41) is 1.36. The van der Waals surface area contributed by atoms with E-state index in [1.807, 2.05) is 12.4 Å². The monoisotopic (exact) mass is 322 g/mol. The summed E-state index contributed by atoms with van der Waals surface area (Å²) in [6.45, 7) is 2.97. The third-order valence-electron chi connectivity index (χ3n) is 2.16. The Balaban J connectivity index is 2.00. The zero-order valence-electron chi connectivity index (χ0n) is 7.81. The standard InChI is InChI=1S/C9H11IN2OS/c1-6-8(2-3-13-6)14-9-11-4-7(10)5-12-9/h4-6,8H,2-3H2,1H3. The molecule has 0 N–H and O–H groups in total. The minimum atomic E-state index is 0.322. The van der Waals surface area contributed by atoms with Gasteiger partial charge in [0, 0.05) is 27.8 Å². The van der Waals surface area contributed by atoms with Crippen molar-refractivity contribution in [1.82, 2.24) is 9.97 Å². The van der Waals surface area contributed by atoms with Crippen molar-refractivity contribution in [2.24, 2.45) is 0 Å². The van der Waals surface area contributed by atoms with Gasteiger partial charge in [-0.2, -0.15) is 0 Å². The summed E-state index contributed by atoms with van der Waals surface area (Å²) >= 11 is 3.92. The van der Waals surface area contributed by atoms with Crippen LogP contribution in [0.3, 0.4) is 0 Å². The Kier molecular flexibility index (Phi) is 3.62. The molecule has 76 valence electrons. The highest BCUT2D eigenvalue weighted by Gasteiger charge is 2.25. The minimum Gasteiger partial charge on any atom is -0.377 e. The lowest BCUT2D eigenvalue weighted by Gasteiger charge is -2.11. The molecule has 0 aromatic carbocycles. The Labute approximate surface area is 101 Å². The summed E-state index contributed by atoms with van der Waals surface area (Å²) in [5.74, 6) is 0. The molecule has 2 atom stereocenters. The van der Waals surface area contributed by atoms with E-state index in [1.165, 1.54) is 0 Å². The molecule has 1 aliphatic rings. The summed E-state index contributed by atoms with van der Waals surface area (Å²) in [7, 11) is 0. The zero-order chi connectivity index (χ0) is 9.97. The second-order valence-electron chi connectivity index (χ2n) is 3.20. The molecule has 1 aliphatic heterocycles. The van der Waals surface area contributed by atoms with Gasteiger partial charge in [0.25, 0.3) is 0 Å². The number of thioether (sulfide) groups is 1. The van der Waals surface area contributed by atoms with Crippen LogP contribution in [0.5, 0.6) is 0 Å². The lowest BCUT2D eigenvalue weighted by atomic mass is 10.3. The number of rotatable bonds is 2. The number of hydrogen-bond acceptors (Lipinski definition) is 4. The van der Waals surface area contributed by atoms with Crippen LogP contribution in [0.2, 0.25) is 0 Å². The van der Waals surface area contributed by atoms with Gasteiger partial charge in [-0.25, -0.2) is 9.97 Å². The lowest BCUT2D eigenvalue weighted by Crippen LogP contribution is -2.13. The average Bonchev–Trinajstić information content (AvgIpc) is 2.56. The predicted molar refractivity (Wildman–Crippen MR) is 64.4 cm³/mol. The molecule has 2 unspecified atom stereocenters. The molecule has 5 heteroatoms. The van der Waals surface area contributed by atoms with Crippen molar-refractivity contribution < 1.29 is 4.74 Å². The summed E-state index contributed by atoms with van der Waals surface area (Å²) in [6.07, 6.45) is 5.11. The third kappa shape index (κ3) is 2.58. The maximum Gasteiger partial charge on any atom is 0.187 e. The molecule has 0 amide bonds. The third-order valence-corrected chi connectivity index (χ3v) is 4.06. The Hall–Kier alpha value is 0.120. The second kappa shape index (κ2) is 4.76. The number of ether oxygens (including phenoxy) is 1. The first-order valence-electron chi connectivity index (χ1n) is 4.51. The van der Waals surface area contributed by atoms with Gasteiger partial charge in [-0.15, -0.1) is 0 Å². The van der Waals surface area contributed by atoms with Crippen molar-refractivity contribution in [1.29, 1.82) is 0 Å². The van der Waals surface area contributed by atoms with Gasteiger partial charge in [0.05, 0.1) is 6.10 Å². The van der Waals surface area contributed by atoms with Gasteiger partial charge < -0.3 is 4.74 Å². The van der Waals surface area contributed by atoms with Crippen LogP contribution in [0.4, 0.5) is 0 Å². The Morgan fingerprint density at radius 1 is 1.50 bits per heavy atom. The Morgan fingerprint density at radius 3 is 2.79 bits per heavy atom. The quantitative estimate of drug-likeness (QED) is 0.618. The molecule has 0 bridgehead atoms. The van der Waals surface area contributed by atoms with E-state index >= 15 is 0 Å². The van der Waals surface area contributed by atoms with Crippen LogP contribution in [0.25, 0.3) is 0 Å². The maximum absolute atomic E-state index is 5.48. The molecular weight excluding hydrogens is 311 g/mol. The van der Waals surface area contributed by atoms with Crippen molar-refractivity contribution in [3.63, 3.8) is 0 Å². The van der Waals surface area contributed by atoms with Crippen molar-refractivity contribution >= 4 is 34.4 Å². The lowest BCUT2D eigenvalue weighted by molar-refractivity contribution is 0.127. The smallest absolute Gasteiger partial charge is 0.187 e. The first-order valence-corrected chi connectivity index (χ1v) is 6.47. The predicted octanol–water partition coefficient (Wildman–Crippen LogP) is 2.35. The average molecular weight is 322 g/mol. The van der Waals surface area contributed by atoms with Gasteiger partial charge >= 0.3 is 0 Å². The first-order chi connectivity index (χ1) is 6.75. The second-order valence-corrected chi connectivity index (χ2v) is 5.66. The molecule has 0 saturated carbocycles. The topological polar surface area (TPSA) is 35.0 Å². The van der Waals surface area contributed by atoms with E-state index in [-0.39, 0.29) is 0 Å². The number of nitrogens with zero attached hydrogens (tertiary/aromatic N) is 2. The fourth-order valence-corrected chi connectivity index (χ4v) is 2.62. The van der Waals surface area contributed by atoms with E-state index < -0.39 is 0 Å². The van der Waals surface area contributed by atoms with E-state index in [0.717, 1.165) is 21.8 Å². The summed E-state index contributed by atoms with van der Waals surface area (Å²) in [4.78, 5) is 8.53. The highest BCUT2D eigenvalue weighted by atomic mass is 127. The molecule has 0 radical (unpaired) electrons. The fraction of sp³-hybridized carbons (Fsp3) is 0.556. The van der Waals surface area contributed by atoms with Crippen LogP contribution >= 0.6 is 34.4 Å². The van der Waals surface area contributed by atoms with Gasteiger partial charge in [0.2, 0.25) is 0 Å². The molecule has 1 fully saturated rings. The highest BCUT2D eigenvalue weighted by Crippen LogP contribution is 2.30. The van der Waals surface area contributed by atoms with Crippen LogP contribution in [-0.4, -0.2) is 27.9 Å². The molecule has 3 nitrogen and oxygen atoms in total. The van der Waals surface area contributed by atoms with E-state index in [0.29, 0.717) is 11.4 Å². The minimum absolute atomic E-state index is 0.322. The number of aromatic nitrogens is 2. The summed E-state index contributed by atoms with van der Waals surface area (Å²) in [6, 6.07) is 0. The van der Waals surface area contributed by atoms with E-state index in [1.54, 1.807) is 11.8 Å². The summed E-state index contributed by atoms with van der Waals surface area (Å²) in [5.41, 5.74) is 0. The molecule has 1 aromatic rings. The van der Waals surface area contributed by atoms with Crippen molar-refractivity contribution in [3.8, 4) is 0 Å². The van der Waals surface area contributed by atoms with Gasteiger partial charge in [-0.05, 0) is 35.9 Å². The normalized spacial score (nSPS) is 26.7. The zero-order valence-corrected chi connectivity index (χ0v) is 10.8. The number of halogens is 1. The van der Waals surface area contributed by atoms with E-state index in [4.69, 9.17) is 4.74 Å². The van der Waals surface area contributed by atoms with Crippen LogP contribution in [-0.2, 0) is 4.74 Å². The van der Waals surface area contributed by atoms with Gasteiger partial charge in [-0.1, -0.05) is 11.8 Å². The van der Waals surface area contributed by atoms with E-state index in [9.17, 15) is 0 Å².